The fourth-order valence-corrected chi connectivity index (χ4v) is 2.60. The summed E-state index contributed by atoms with van der Waals surface area (Å²) in [6.45, 7) is 0. The minimum absolute atomic E-state index is 0.0398. The second kappa shape index (κ2) is 6.17. The summed E-state index contributed by atoms with van der Waals surface area (Å²) >= 11 is 1.21. The number of pyridine rings is 1. The average molecular weight is 335 g/mol. The third kappa shape index (κ3) is 3.07. The Hall–Kier alpha value is -2.74. The van der Waals surface area contributed by atoms with Gasteiger partial charge in [-0.3, -0.25) is 9.78 Å². The van der Waals surface area contributed by atoms with Crippen molar-refractivity contribution in [3.05, 3.63) is 65.2 Å². The van der Waals surface area contributed by atoms with E-state index in [0.717, 1.165) is 17.7 Å². The van der Waals surface area contributed by atoms with Crippen molar-refractivity contribution in [1.29, 1.82) is 0 Å². The zero-order chi connectivity index (χ0) is 16.4. The van der Waals surface area contributed by atoms with Gasteiger partial charge in [0.25, 0.3) is 5.91 Å². The molecule has 1 aromatic carbocycles. The molecule has 3 rings (SSSR count). The zero-order valence-electron chi connectivity index (χ0n) is 11.4. The second-order valence-corrected chi connectivity index (χ2v) is 5.31. The molecule has 8 heteroatoms. The summed E-state index contributed by atoms with van der Waals surface area (Å²) in [5, 5.41) is 4.21. The fraction of sp³-hybridized carbons (Fsp3) is 0. The molecule has 0 saturated heterocycles. The molecule has 1 N–H and O–H groups in total. The molecule has 0 atom stereocenters. The molecule has 0 bridgehead atoms. The minimum Gasteiger partial charge on any atom is -0.318 e. The van der Waals surface area contributed by atoms with E-state index in [4.69, 9.17) is 0 Å². The van der Waals surface area contributed by atoms with Crippen molar-refractivity contribution in [2.75, 3.05) is 5.32 Å². The van der Waals surface area contributed by atoms with E-state index in [2.05, 4.69) is 15.3 Å². The number of carbonyl (C=O) groups is 1. The summed E-state index contributed by atoms with van der Waals surface area (Å²) in [7, 11) is 0. The molecule has 0 aliphatic heterocycles. The number of benzene rings is 1. The molecule has 4 nitrogen and oxygen atoms in total. The first kappa shape index (κ1) is 15.2. The Balaban J connectivity index is 1.82. The number of hydrogen-bond donors (Lipinski definition) is 1. The van der Waals surface area contributed by atoms with Gasteiger partial charge in [-0.2, -0.15) is 0 Å². The van der Waals surface area contributed by atoms with Gasteiger partial charge >= 0.3 is 0 Å². The number of aromatic nitrogens is 2. The summed E-state index contributed by atoms with van der Waals surface area (Å²) < 4.78 is 39.6. The maximum Gasteiger partial charge on any atom is 0.275 e. The molecule has 116 valence electrons. The van der Waals surface area contributed by atoms with Crippen molar-refractivity contribution >= 4 is 22.9 Å². The van der Waals surface area contributed by atoms with Crippen LogP contribution in [0.25, 0.3) is 10.6 Å². The van der Waals surface area contributed by atoms with Crippen molar-refractivity contribution in [1.82, 2.24) is 9.97 Å². The lowest BCUT2D eigenvalue weighted by molar-refractivity contribution is 0.102. The highest BCUT2D eigenvalue weighted by molar-refractivity contribution is 7.13. The van der Waals surface area contributed by atoms with E-state index in [0.29, 0.717) is 5.01 Å². The van der Waals surface area contributed by atoms with Crippen LogP contribution in [0, 0.1) is 17.5 Å². The zero-order valence-corrected chi connectivity index (χ0v) is 12.2. The van der Waals surface area contributed by atoms with E-state index in [9.17, 15) is 18.0 Å². The van der Waals surface area contributed by atoms with Crippen LogP contribution in [-0.2, 0) is 0 Å². The average Bonchev–Trinajstić information content (AvgIpc) is 3.06. The number of anilines is 1. The van der Waals surface area contributed by atoms with E-state index in [1.807, 2.05) is 0 Å². The fourth-order valence-electron chi connectivity index (χ4n) is 1.81. The number of hydrogen-bond acceptors (Lipinski definition) is 4. The molecular weight excluding hydrogens is 327 g/mol. The smallest absolute Gasteiger partial charge is 0.275 e. The highest BCUT2D eigenvalue weighted by Gasteiger charge is 2.17. The molecule has 0 fully saturated rings. The first-order valence-corrected chi connectivity index (χ1v) is 7.25. The maximum atomic E-state index is 13.6. The number of thiazole rings is 1. The Morgan fingerprint density at radius 2 is 1.96 bits per heavy atom. The van der Waals surface area contributed by atoms with E-state index >= 15 is 0 Å². The van der Waals surface area contributed by atoms with Crippen molar-refractivity contribution < 1.29 is 18.0 Å². The summed E-state index contributed by atoms with van der Waals surface area (Å²) in [5.74, 6) is -5.15. The van der Waals surface area contributed by atoms with Crippen LogP contribution in [-0.4, -0.2) is 15.9 Å². The molecule has 1 amide bonds. The third-order valence-electron chi connectivity index (χ3n) is 2.93. The maximum absolute atomic E-state index is 13.6. The van der Waals surface area contributed by atoms with Crippen molar-refractivity contribution in [2.45, 2.75) is 0 Å². The topological polar surface area (TPSA) is 54.9 Å². The molecule has 0 saturated carbocycles. The van der Waals surface area contributed by atoms with Crippen LogP contribution in [0.4, 0.5) is 18.9 Å². The standard InChI is InChI=1S/C15H8F3N3OS/c16-9-3-4-10(13(18)12(9)17)20-14(22)11-7-23-15(21-11)8-2-1-5-19-6-8/h1-7H,(H,20,22). The Labute approximate surface area is 132 Å². The predicted molar refractivity (Wildman–Crippen MR) is 79.6 cm³/mol. The van der Waals surface area contributed by atoms with Gasteiger partial charge in [-0.25, -0.2) is 18.2 Å². The lowest BCUT2D eigenvalue weighted by atomic mass is 10.2. The van der Waals surface area contributed by atoms with Gasteiger partial charge in [-0.15, -0.1) is 11.3 Å². The van der Waals surface area contributed by atoms with Gasteiger partial charge in [0.2, 0.25) is 0 Å². The van der Waals surface area contributed by atoms with E-state index in [1.54, 1.807) is 24.5 Å². The minimum atomic E-state index is -1.64. The van der Waals surface area contributed by atoms with Gasteiger partial charge in [0.15, 0.2) is 17.5 Å². The van der Waals surface area contributed by atoms with E-state index in [-0.39, 0.29) is 5.69 Å². The molecule has 0 aliphatic rings. The van der Waals surface area contributed by atoms with Gasteiger partial charge in [0.1, 0.15) is 10.7 Å². The molecule has 0 aliphatic carbocycles. The molecule has 2 heterocycles. The Kier molecular flexibility index (Phi) is 4.07. The summed E-state index contributed by atoms with van der Waals surface area (Å²) in [6, 6.07) is 5.19. The normalized spacial score (nSPS) is 10.6. The monoisotopic (exact) mass is 335 g/mol. The van der Waals surface area contributed by atoms with Crippen molar-refractivity contribution in [3.8, 4) is 10.6 Å². The molecule has 0 unspecified atom stereocenters. The van der Waals surface area contributed by atoms with Crippen LogP contribution >= 0.6 is 11.3 Å². The summed E-state index contributed by atoms with van der Waals surface area (Å²) in [6.07, 6.45) is 3.20. The van der Waals surface area contributed by atoms with Crippen LogP contribution in [0.3, 0.4) is 0 Å². The Morgan fingerprint density at radius 3 is 2.70 bits per heavy atom. The number of carbonyl (C=O) groups excluding carboxylic acids is 1. The van der Waals surface area contributed by atoms with E-state index < -0.39 is 29.0 Å². The first-order chi connectivity index (χ1) is 11.1. The highest BCUT2D eigenvalue weighted by Crippen LogP contribution is 2.24. The number of nitrogens with zero attached hydrogens (tertiary/aromatic N) is 2. The number of nitrogens with one attached hydrogen (secondary N) is 1. The molecular formula is C15H8F3N3OS. The van der Waals surface area contributed by atoms with Gasteiger partial charge < -0.3 is 5.32 Å². The van der Waals surface area contributed by atoms with Gasteiger partial charge in [0, 0.05) is 23.3 Å². The van der Waals surface area contributed by atoms with Crippen LogP contribution in [0.5, 0.6) is 0 Å². The summed E-state index contributed by atoms with van der Waals surface area (Å²) in [4.78, 5) is 20.1. The third-order valence-corrected chi connectivity index (χ3v) is 3.82. The van der Waals surface area contributed by atoms with Crippen LogP contribution in [0.1, 0.15) is 10.5 Å². The van der Waals surface area contributed by atoms with Gasteiger partial charge in [0.05, 0.1) is 5.69 Å². The Bertz CT molecular complexity index is 868. The first-order valence-electron chi connectivity index (χ1n) is 6.37. The van der Waals surface area contributed by atoms with Crippen molar-refractivity contribution in [3.63, 3.8) is 0 Å². The van der Waals surface area contributed by atoms with Gasteiger partial charge in [-0.05, 0) is 24.3 Å². The van der Waals surface area contributed by atoms with Crippen molar-refractivity contribution in [2.24, 2.45) is 0 Å². The lowest BCUT2D eigenvalue weighted by Crippen LogP contribution is -2.14. The molecule has 23 heavy (non-hydrogen) atoms. The molecule has 0 spiro atoms. The second-order valence-electron chi connectivity index (χ2n) is 4.46. The van der Waals surface area contributed by atoms with Gasteiger partial charge in [-0.1, -0.05) is 0 Å². The largest absolute Gasteiger partial charge is 0.318 e. The summed E-state index contributed by atoms with van der Waals surface area (Å²) in [5.41, 5.74) is 0.318. The quantitative estimate of drug-likeness (QED) is 0.739. The SMILES string of the molecule is O=C(Nc1ccc(F)c(F)c1F)c1csc(-c2cccnc2)n1. The number of halogens is 3. The lowest BCUT2D eigenvalue weighted by Gasteiger charge is -2.05. The number of rotatable bonds is 3. The number of amides is 1. The van der Waals surface area contributed by atoms with Crippen LogP contribution in [0.2, 0.25) is 0 Å². The molecule has 2 aromatic heterocycles. The van der Waals surface area contributed by atoms with Crippen LogP contribution < -0.4 is 5.32 Å². The highest BCUT2D eigenvalue weighted by atomic mass is 32.1. The molecule has 3 aromatic rings. The predicted octanol–water partition coefficient (Wildman–Crippen LogP) is 3.87. The molecule has 0 radical (unpaired) electrons. The van der Waals surface area contributed by atoms with Crippen LogP contribution in [0.15, 0.2) is 42.0 Å². The Morgan fingerprint density at radius 1 is 1.13 bits per heavy atom. The van der Waals surface area contributed by atoms with E-state index in [1.165, 1.54) is 16.7 Å².